The molecule has 3 nitrogen and oxygen atoms in total. The number of hydrogen-bond acceptors (Lipinski definition) is 3. The largest absolute Gasteiger partial charge is 0.494 e. The van der Waals surface area contributed by atoms with Crippen molar-refractivity contribution in [2.45, 2.75) is 51.9 Å². The summed E-state index contributed by atoms with van der Waals surface area (Å²) in [6, 6.07) is 19.2. The lowest BCUT2D eigenvalue weighted by Gasteiger charge is -2.32. The predicted octanol–water partition coefficient (Wildman–Crippen LogP) is 4.62. The fourth-order valence-electron chi connectivity index (χ4n) is 3.64. The molecule has 4 rings (SSSR count). The van der Waals surface area contributed by atoms with E-state index >= 15 is 0 Å². The van der Waals surface area contributed by atoms with Gasteiger partial charge in [0.15, 0.2) is 0 Å². The molecule has 1 atom stereocenters. The van der Waals surface area contributed by atoms with Gasteiger partial charge in [-0.2, -0.15) is 0 Å². The Hall–Kier alpha value is -2.30. The summed E-state index contributed by atoms with van der Waals surface area (Å²) in [6.45, 7) is 10.5. The van der Waals surface area contributed by atoms with Crippen LogP contribution in [-0.4, -0.2) is 18.3 Å². The molecule has 0 bridgehead atoms. The van der Waals surface area contributed by atoms with Crippen molar-refractivity contribution in [3.05, 3.63) is 83.6 Å². The first-order valence-corrected chi connectivity index (χ1v) is 9.93. The van der Waals surface area contributed by atoms with Crippen molar-refractivity contribution in [2.75, 3.05) is 0 Å². The third kappa shape index (κ3) is 3.43. The average molecular weight is 373 g/mol. The van der Waals surface area contributed by atoms with Gasteiger partial charge in [0.05, 0.1) is 17.2 Å². The quantitative estimate of drug-likeness (QED) is 0.797. The highest BCUT2D eigenvalue weighted by Gasteiger charge is 2.51. The van der Waals surface area contributed by atoms with E-state index in [4.69, 9.17) is 9.31 Å². The lowest BCUT2D eigenvalue weighted by molar-refractivity contribution is 0.00578. The maximum Gasteiger partial charge on any atom is 0.494 e. The van der Waals surface area contributed by atoms with Crippen molar-refractivity contribution in [3.8, 4) is 0 Å². The first-order chi connectivity index (χ1) is 13.3. The zero-order valence-electron chi connectivity index (χ0n) is 17.3. The van der Waals surface area contributed by atoms with Crippen LogP contribution in [0.2, 0.25) is 0 Å². The summed E-state index contributed by atoms with van der Waals surface area (Å²) in [6.07, 6.45) is 4.41. The summed E-state index contributed by atoms with van der Waals surface area (Å²) in [7, 11) is -0.319. The molecule has 2 heterocycles. The highest BCUT2D eigenvalue weighted by atomic mass is 16.7. The van der Waals surface area contributed by atoms with Gasteiger partial charge in [0, 0.05) is 11.8 Å². The van der Waals surface area contributed by atoms with E-state index in [1.807, 2.05) is 6.07 Å². The Kier molecular flexibility index (Phi) is 4.72. The number of benzene rings is 2. The van der Waals surface area contributed by atoms with Gasteiger partial charge < -0.3 is 14.6 Å². The molecule has 2 aromatic carbocycles. The molecular formula is C24H28BNO2. The number of dihydropyridines is 1. The third-order valence-electron chi connectivity index (χ3n) is 6.15. The zero-order valence-corrected chi connectivity index (χ0v) is 17.3. The molecule has 0 saturated carbocycles. The van der Waals surface area contributed by atoms with Gasteiger partial charge in [0.25, 0.3) is 0 Å². The summed E-state index contributed by atoms with van der Waals surface area (Å²) >= 11 is 0. The first kappa shape index (κ1) is 19.0. The topological polar surface area (TPSA) is 30.5 Å². The Morgan fingerprint density at radius 3 is 2.04 bits per heavy atom. The van der Waals surface area contributed by atoms with Crippen LogP contribution in [0.25, 0.3) is 5.57 Å². The molecule has 1 unspecified atom stereocenters. The normalized spacial score (nSPS) is 23.0. The van der Waals surface area contributed by atoms with E-state index in [0.29, 0.717) is 0 Å². The fourth-order valence-corrected chi connectivity index (χ4v) is 3.64. The van der Waals surface area contributed by atoms with Crippen LogP contribution in [0.4, 0.5) is 0 Å². The second-order valence-electron chi connectivity index (χ2n) is 8.67. The van der Waals surface area contributed by atoms with Crippen LogP contribution in [0, 0.1) is 0 Å². The Morgan fingerprint density at radius 1 is 0.857 bits per heavy atom. The van der Waals surface area contributed by atoms with E-state index in [1.54, 1.807) is 0 Å². The van der Waals surface area contributed by atoms with Crippen LogP contribution < -0.4 is 10.8 Å². The molecule has 144 valence electrons. The van der Waals surface area contributed by atoms with E-state index in [-0.39, 0.29) is 24.4 Å². The smallest absolute Gasteiger partial charge is 0.399 e. The molecule has 28 heavy (non-hydrogen) atoms. The average Bonchev–Trinajstić information content (AvgIpc) is 2.90. The van der Waals surface area contributed by atoms with Crippen molar-refractivity contribution in [1.82, 2.24) is 5.32 Å². The van der Waals surface area contributed by atoms with Crippen LogP contribution in [0.5, 0.6) is 0 Å². The highest BCUT2D eigenvalue weighted by molar-refractivity contribution is 6.62. The van der Waals surface area contributed by atoms with Crippen molar-refractivity contribution in [1.29, 1.82) is 0 Å². The van der Waals surface area contributed by atoms with Gasteiger partial charge >= 0.3 is 7.12 Å². The number of rotatable bonds is 3. The van der Waals surface area contributed by atoms with E-state index in [9.17, 15) is 0 Å². The van der Waals surface area contributed by atoms with Crippen molar-refractivity contribution >= 4 is 18.2 Å². The van der Waals surface area contributed by atoms with Gasteiger partial charge in [0.2, 0.25) is 0 Å². The van der Waals surface area contributed by atoms with Gasteiger partial charge in [-0.3, -0.25) is 0 Å². The van der Waals surface area contributed by atoms with Gasteiger partial charge in [-0.25, -0.2) is 0 Å². The molecule has 0 aliphatic carbocycles. The molecule has 1 N–H and O–H groups in total. The first-order valence-electron chi connectivity index (χ1n) is 9.93. The molecule has 2 aliphatic rings. The van der Waals surface area contributed by atoms with Crippen molar-refractivity contribution < 1.29 is 9.31 Å². The van der Waals surface area contributed by atoms with Crippen LogP contribution in [0.1, 0.15) is 51.8 Å². The maximum absolute atomic E-state index is 6.16. The molecule has 2 aliphatic heterocycles. The third-order valence-corrected chi connectivity index (χ3v) is 6.15. The van der Waals surface area contributed by atoms with Crippen LogP contribution in [0.15, 0.2) is 72.4 Å². The molecule has 2 aromatic rings. The fraction of sp³-hybridized carbons (Fsp3) is 0.333. The van der Waals surface area contributed by atoms with E-state index in [1.165, 1.54) is 22.3 Å². The molecule has 0 aromatic heterocycles. The molecule has 0 radical (unpaired) electrons. The SMILES string of the molecule is CC1=CC(c2ccc(B3OC(C)(C)C(C)(C)O3)cc2)NC=C1c1ccccc1. The standard InChI is InChI=1S/C24H28BNO2/c1-17-15-22(26-16-21(17)18-9-7-6-8-10-18)19-11-13-20(14-12-19)25-27-23(2,3)24(4,5)28-25/h6-16,22,26H,1-5H3. The molecular weight excluding hydrogens is 345 g/mol. The molecule has 1 fully saturated rings. The van der Waals surface area contributed by atoms with Crippen LogP contribution >= 0.6 is 0 Å². The minimum atomic E-state index is -0.320. The minimum absolute atomic E-state index is 0.166. The van der Waals surface area contributed by atoms with Gasteiger partial charge in [-0.1, -0.05) is 60.7 Å². The maximum atomic E-state index is 6.16. The summed E-state index contributed by atoms with van der Waals surface area (Å²) < 4.78 is 12.3. The van der Waals surface area contributed by atoms with E-state index < -0.39 is 0 Å². The molecule has 0 amide bonds. The second-order valence-corrected chi connectivity index (χ2v) is 8.67. The van der Waals surface area contributed by atoms with E-state index in [0.717, 1.165) is 5.46 Å². The summed E-state index contributed by atoms with van der Waals surface area (Å²) in [5, 5.41) is 3.53. The minimum Gasteiger partial charge on any atom is -0.399 e. The Bertz CT molecular complexity index is 897. The van der Waals surface area contributed by atoms with Crippen molar-refractivity contribution in [3.63, 3.8) is 0 Å². The summed E-state index contributed by atoms with van der Waals surface area (Å²) in [5.74, 6) is 0. The highest BCUT2D eigenvalue weighted by Crippen LogP contribution is 2.36. The van der Waals surface area contributed by atoms with Gasteiger partial charge in [-0.05, 0) is 56.8 Å². The summed E-state index contributed by atoms with van der Waals surface area (Å²) in [5.41, 5.74) is 5.40. The Balaban J connectivity index is 1.49. The number of nitrogens with one attached hydrogen (secondary N) is 1. The number of allylic oxidation sites excluding steroid dienone is 2. The Morgan fingerprint density at radius 2 is 1.46 bits per heavy atom. The monoisotopic (exact) mass is 373 g/mol. The van der Waals surface area contributed by atoms with Crippen molar-refractivity contribution in [2.24, 2.45) is 0 Å². The predicted molar refractivity (Wildman–Crippen MR) is 116 cm³/mol. The molecule has 4 heteroatoms. The zero-order chi connectivity index (χ0) is 19.9. The van der Waals surface area contributed by atoms with E-state index in [2.05, 4.69) is 101 Å². The van der Waals surface area contributed by atoms with Crippen LogP contribution in [0.3, 0.4) is 0 Å². The number of hydrogen-bond donors (Lipinski definition) is 1. The van der Waals surface area contributed by atoms with Crippen LogP contribution in [-0.2, 0) is 9.31 Å². The lowest BCUT2D eigenvalue weighted by atomic mass is 9.78. The van der Waals surface area contributed by atoms with Gasteiger partial charge in [0.1, 0.15) is 0 Å². The van der Waals surface area contributed by atoms with Gasteiger partial charge in [-0.15, -0.1) is 0 Å². The molecule has 0 spiro atoms. The summed E-state index contributed by atoms with van der Waals surface area (Å²) in [4.78, 5) is 0. The molecule has 1 saturated heterocycles. The second kappa shape index (κ2) is 6.95. The lowest BCUT2D eigenvalue weighted by Crippen LogP contribution is -2.41. The Labute approximate surface area is 168 Å².